The zero-order valence-corrected chi connectivity index (χ0v) is 32.5. The molecule has 0 fully saturated rings. The molecule has 59 heavy (non-hydrogen) atoms. The third kappa shape index (κ3) is 6.30. The van der Waals surface area contributed by atoms with Crippen molar-refractivity contribution < 1.29 is 0 Å². The molecule has 0 heterocycles. The molecule has 0 aliphatic heterocycles. The van der Waals surface area contributed by atoms with Gasteiger partial charge in [0.15, 0.2) is 0 Å². The first-order valence-electron chi connectivity index (χ1n) is 20.3. The molecule has 0 saturated heterocycles. The lowest BCUT2D eigenvalue weighted by atomic mass is 9.83. The molecule has 1 heteroatoms. The molecule has 0 aromatic heterocycles. The Hall–Kier alpha value is -7.74. The minimum atomic E-state index is 1.13. The van der Waals surface area contributed by atoms with Crippen LogP contribution in [-0.4, -0.2) is 0 Å². The van der Waals surface area contributed by atoms with Crippen LogP contribution in [0.5, 0.6) is 0 Å². The first kappa shape index (κ1) is 34.5. The van der Waals surface area contributed by atoms with Crippen molar-refractivity contribution in [3.05, 3.63) is 237 Å². The van der Waals surface area contributed by atoms with E-state index in [0.29, 0.717) is 0 Å². The van der Waals surface area contributed by atoms with Gasteiger partial charge in [-0.05, 0) is 160 Å². The molecule has 0 bridgehead atoms. The van der Waals surface area contributed by atoms with Crippen LogP contribution >= 0.6 is 0 Å². The third-order valence-electron chi connectivity index (χ3n) is 11.7. The van der Waals surface area contributed by atoms with Crippen LogP contribution in [0.4, 0.5) is 17.1 Å². The van der Waals surface area contributed by atoms with E-state index in [2.05, 4.69) is 241 Å². The number of hydrogen-bond donors (Lipinski definition) is 0. The Morgan fingerprint density at radius 2 is 0.610 bits per heavy atom. The van der Waals surface area contributed by atoms with Crippen molar-refractivity contribution in [2.45, 2.75) is 0 Å². The fourth-order valence-corrected chi connectivity index (χ4v) is 8.98. The van der Waals surface area contributed by atoms with E-state index in [0.717, 1.165) is 17.1 Å². The SMILES string of the molecule is c1ccc(-c2cc(-c3ccccc3)cc(-c3c4ccccc4c(-c4ccc5cc(N(c6ccccc6)c6ccccc6)ccc5c4)c4cc5ccccc5cc34)c2)cc1. The van der Waals surface area contributed by atoms with E-state index in [-0.39, 0.29) is 0 Å². The van der Waals surface area contributed by atoms with Crippen LogP contribution in [0.1, 0.15) is 0 Å². The summed E-state index contributed by atoms with van der Waals surface area (Å²) in [6, 6.07) is 86.3. The first-order chi connectivity index (χ1) is 29.2. The van der Waals surface area contributed by atoms with Gasteiger partial charge in [0.25, 0.3) is 0 Å². The molecule has 0 radical (unpaired) electrons. The van der Waals surface area contributed by atoms with Crippen LogP contribution in [0.15, 0.2) is 237 Å². The van der Waals surface area contributed by atoms with Gasteiger partial charge in [0.05, 0.1) is 0 Å². The molecule has 0 aliphatic carbocycles. The van der Waals surface area contributed by atoms with Crippen molar-refractivity contribution in [3.63, 3.8) is 0 Å². The summed E-state index contributed by atoms with van der Waals surface area (Å²) in [5.74, 6) is 0. The maximum atomic E-state index is 2.42. The van der Waals surface area contributed by atoms with E-state index in [1.807, 2.05) is 0 Å². The Kier molecular flexibility index (Phi) is 8.56. The molecule has 11 aromatic rings. The monoisotopic (exact) mass is 749 g/mol. The highest BCUT2D eigenvalue weighted by atomic mass is 15.1. The fourth-order valence-electron chi connectivity index (χ4n) is 8.98. The molecule has 0 amide bonds. The van der Waals surface area contributed by atoms with Crippen molar-refractivity contribution in [2.24, 2.45) is 0 Å². The lowest BCUT2D eigenvalue weighted by molar-refractivity contribution is 1.29. The summed E-state index contributed by atoms with van der Waals surface area (Å²) in [5.41, 5.74) is 13.1. The van der Waals surface area contributed by atoms with Crippen LogP contribution in [0.3, 0.4) is 0 Å². The molecule has 0 spiro atoms. The quantitative estimate of drug-likeness (QED) is 0.147. The molecule has 276 valence electrons. The predicted octanol–water partition coefficient (Wildman–Crippen LogP) is 16.4. The summed E-state index contributed by atoms with van der Waals surface area (Å²) in [6.07, 6.45) is 0. The summed E-state index contributed by atoms with van der Waals surface area (Å²) in [7, 11) is 0. The average molecular weight is 750 g/mol. The maximum absolute atomic E-state index is 2.42. The van der Waals surface area contributed by atoms with Gasteiger partial charge in [-0.25, -0.2) is 0 Å². The van der Waals surface area contributed by atoms with Gasteiger partial charge in [0.1, 0.15) is 0 Å². The molecule has 0 unspecified atom stereocenters. The van der Waals surface area contributed by atoms with E-state index < -0.39 is 0 Å². The number of nitrogens with zero attached hydrogens (tertiary/aromatic N) is 1. The Bertz CT molecular complexity index is 3200. The highest BCUT2D eigenvalue weighted by molar-refractivity contribution is 6.24. The fraction of sp³-hybridized carbons (Fsp3) is 0. The topological polar surface area (TPSA) is 3.24 Å². The molecule has 0 atom stereocenters. The molecule has 0 saturated carbocycles. The second-order valence-corrected chi connectivity index (χ2v) is 15.3. The summed E-state index contributed by atoms with van der Waals surface area (Å²) in [4.78, 5) is 2.33. The number of hydrogen-bond acceptors (Lipinski definition) is 1. The van der Waals surface area contributed by atoms with Gasteiger partial charge in [0.2, 0.25) is 0 Å². The van der Waals surface area contributed by atoms with Crippen molar-refractivity contribution in [3.8, 4) is 44.5 Å². The summed E-state index contributed by atoms with van der Waals surface area (Å²) in [6.45, 7) is 0. The van der Waals surface area contributed by atoms with Gasteiger partial charge in [-0.2, -0.15) is 0 Å². The van der Waals surface area contributed by atoms with E-state index in [4.69, 9.17) is 0 Å². The number of benzene rings is 11. The lowest BCUT2D eigenvalue weighted by Crippen LogP contribution is -2.09. The van der Waals surface area contributed by atoms with Crippen LogP contribution in [0, 0.1) is 0 Å². The summed E-state index contributed by atoms with van der Waals surface area (Å²) in [5, 5.41) is 9.86. The van der Waals surface area contributed by atoms with Gasteiger partial charge in [0, 0.05) is 17.1 Å². The molecule has 11 rings (SSSR count). The van der Waals surface area contributed by atoms with Crippen LogP contribution < -0.4 is 4.90 Å². The number of anilines is 3. The standard InChI is InChI=1S/C58H39N/c1-5-17-40(18-6-1)47-34-48(41-19-7-2-8-20-41)36-49(35-47)58-54-28-16-15-27-53(54)57(55-38-42-21-13-14-22-43(42)39-56(55)58)46-30-29-45-37-52(32-31-44(45)33-46)59(50-23-9-3-10-24-50)51-25-11-4-12-26-51/h1-39H. The zero-order chi connectivity index (χ0) is 39.1. The summed E-state index contributed by atoms with van der Waals surface area (Å²) < 4.78 is 0. The van der Waals surface area contributed by atoms with Crippen molar-refractivity contribution in [1.82, 2.24) is 0 Å². The third-order valence-corrected chi connectivity index (χ3v) is 11.7. The number of fused-ring (bicyclic) bond motifs is 4. The molecule has 11 aromatic carbocycles. The molecule has 0 N–H and O–H groups in total. The van der Waals surface area contributed by atoms with Crippen LogP contribution in [0.25, 0.3) is 87.6 Å². The number of para-hydroxylation sites is 2. The minimum absolute atomic E-state index is 1.13. The van der Waals surface area contributed by atoms with E-state index >= 15 is 0 Å². The van der Waals surface area contributed by atoms with Crippen LogP contribution in [-0.2, 0) is 0 Å². The largest absolute Gasteiger partial charge is 0.310 e. The first-order valence-corrected chi connectivity index (χ1v) is 20.3. The van der Waals surface area contributed by atoms with Crippen molar-refractivity contribution >= 4 is 60.2 Å². The van der Waals surface area contributed by atoms with E-state index in [1.165, 1.54) is 87.6 Å². The molecule has 1 nitrogen and oxygen atoms in total. The maximum Gasteiger partial charge on any atom is 0.0468 e. The van der Waals surface area contributed by atoms with Gasteiger partial charge in [-0.3, -0.25) is 0 Å². The van der Waals surface area contributed by atoms with Crippen molar-refractivity contribution in [1.29, 1.82) is 0 Å². The Labute approximate surface area is 344 Å². The molecular formula is C58H39N. The van der Waals surface area contributed by atoms with Gasteiger partial charge >= 0.3 is 0 Å². The molecular weight excluding hydrogens is 711 g/mol. The minimum Gasteiger partial charge on any atom is -0.310 e. The highest BCUT2D eigenvalue weighted by Crippen LogP contribution is 2.47. The Balaban J connectivity index is 1.15. The second kappa shape index (κ2) is 14.6. The van der Waals surface area contributed by atoms with E-state index in [1.54, 1.807) is 0 Å². The normalized spacial score (nSPS) is 11.4. The lowest BCUT2D eigenvalue weighted by Gasteiger charge is -2.25. The van der Waals surface area contributed by atoms with Crippen LogP contribution in [0.2, 0.25) is 0 Å². The van der Waals surface area contributed by atoms with E-state index in [9.17, 15) is 0 Å². The van der Waals surface area contributed by atoms with Gasteiger partial charge < -0.3 is 4.90 Å². The highest BCUT2D eigenvalue weighted by Gasteiger charge is 2.20. The predicted molar refractivity (Wildman–Crippen MR) is 253 cm³/mol. The van der Waals surface area contributed by atoms with Gasteiger partial charge in [-0.15, -0.1) is 0 Å². The number of rotatable bonds is 7. The summed E-state index contributed by atoms with van der Waals surface area (Å²) >= 11 is 0. The molecule has 0 aliphatic rings. The Morgan fingerprint density at radius 3 is 1.15 bits per heavy atom. The Morgan fingerprint density at radius 1 is 0.203 bits per heavy atom. The smallest absolute Gasteiger partial charge is 0.0468 e. The van der Waals surface area contributed by atoms with Gasteiger partial charge in [-0.1, -0.05) is 164 Å². The zero-order valence-electron chi connectivity index (χ0n) is 32.5. The second-order valence-electron chi connectivity index (χ2n) is 15.3. The average Bonchev–Trinajstić information content (AvgIpc) is 3.31. The van der Waals surface area contributed by atoms with Crippen molar-refractivity contribution in [2.75, 3.05) is 4.90 Å².